The maximum Gasteiger partial charge on any atom is 0.0713 e. The van der Waals surface area contributed by atoms with E-state index in [-0.39, 0.29) is 0 Å². The SMILES string of the molecule is Cc1ccc(/C(=C\c2ccc(-c3ccc(C4(c5ccc(/C=C(\c6ccc(C)cc6)c6ccc7ccccc7c6)cc5)c5ccccc5-c5ccccc54)cc3)cc2)c2ccc3ccccc3c2)cc1. The Morgan fingerprint density at radius 3 is 1.10 bits per heavy atom. The highest BCUT2D eigenvalue weighted by Crippen LogP contribution is 2.56. The summed E-state index contributed by atoms with van der Waals surface area (Å²) < 4.78 is 0. The number of fused-ring (bicyclic) bond motifs is 5. The van der Waals surface area contributed by atoms with Crippen molar-refractivity contribution in [1.82, 2.24) is 0 Å². The number of benzene rings is 11. The normalized spacial score (nSPS) is 13.1. The standard InChI is InChI=1S/C69H50/c1-47-19-27-55(28-20-47)65(59-35-33-51-11-3-5-13-57(51)45-59)43-49-23-31-53(32-24-49)54-37-41-62(42-38-54)69(67-17-9-7-15-63(67)64-16-8-10-18-68(64)69)61-39-25-50(26-40-61)44-66(56-29-21-48(2)22-30-56)60-36-34-52-12-4-6-14-58(52)46-60/h3-46H,1-2H3/b65-43+,66-44+. The number of rotatable bonds is 9. The van der Waals surface area contributed by atoms with Crippen LogP contribution in [0.25, 0.3) is 67.1 Å². The van der Waals surface area contributed by atoms with E-state index in [9.17, 15) is 0 Å². The average Bonchev–Trinajstić information content (AvgIpc) is 3.71. The second-order valence-electron chi connectivity index (χ2n) is 18.6. The first-order valence-electron chi connectivity index (χ1n) is 24.0. The van der Waals surface area contributed by atoms with Crippen molar-refractivity contribution < 1.29 is 0 Å². The Kier molecular flexibility index (Phi) is 10.7. The average molecular weight is 879 g/mol. The molecule has 0 bridgehead atoms. The summed E-state index contributed by atoms with van der Waals surface area (Å²) in [5.74, 6) is 0. The molecule has 69 heavy (non-hydrogen) atoms. The van der Waals surface area contributed by atoms with Gasteiger partial charge < -0.3 is 0 Å². The fourth-order valence-electron chi connectivity index (χ4n) is 10.7. The third-order valence-electron chi connectivity index (χ3n) is 14.3. The van der Waals surface area contributed by atoms with E-state index >= 15 is 0 Å². The van der Waals surface area contributed by atoms with Crippen LogP contribution in [0.15, 0.2) is 255 Å². The van der Waals surface area contributed by atoms with Gasteiger partial charge in [-0.05, 0) is 149 Å². The molecule has 0 spiro atoms. The molecule has 0 heterocycles. The Balaban J connectivity index is 0.920. The Morgan fingerprint density at radius 2 is 0.652 bits per heavy atom. The maximum atomic E-state index is 2.36. The van der Waals surface area contributed by atoms with Crippen molar-refractivity contribution >= 4 is 44.8 Å². The summed E-state index contributed by atoms with van der Waals surface area (Å²) >= 11 is 0. The van der Waals surface area contributed by atoms with Crippen molar-refractivity contribution in [1.29, 1.82) is 0 Å². The van der Waals surface area contributed by atoms with Gasteiger partial charge in [0.1, 0.15) is 0 Å². The van der Waals surface area contributed by atoms with E-state index in [2.05, 4.69) is 281 Å². The second-order valence-corrected chi connectivity index (χ2v) is 18.6. The first-order chi connectivity index (χ1) is 34.0. The molecule has 12 rings (SSSR count). The summed E-state index contributed by atoms with van der Waals surface area (Å²) in [6, 6.07) is 94.3. The summed E-state index contributed by atoms with van der Waals surface area (Å²) in [6.45, 7) is 4.29. The van der Waals surface area contributed by atoms with Gasteiger partial charge in [0.25, 0.3) is 0 Å². The molecule has 1 aliphatic rings. The summed E-state index contributed by atoms with van der Waals surface area (Å²) in [5.41, 5.74) is 21.6. The van der Waals surface area contributed by atoms with Gasteiger partial charge in [-0.1, -0.05) is 254 Å². The number of hydrogen-bond acceptors (Lipinski definition) is 0. The molecule has 0 amide bonds. The Bertz CT molecular complexity index is 3690. The van der Waals surface area contributed by atoms with Crippen molar-refractivity contribution in [2.45, 2.75) is 19.3 Å². The second kappa shape index (κ2) is 17.6. The molecular formula is C69H50. The molecule has 0 aliphatic heterocycles. The molecule has 0 nitrogen and oxygen atoms in total. The predicted octanol–water partition coefficient (Wildman–Crippen LogP) is 17.8. The molecule has 0 fully saturated rings. The van der Waals surface area contributed by atoms with Gasteiger partial charge in [-0.25, -0.2) is 0 Å². The summed E-state index contributed by atoms with van der Waals surface area (Å²) in [4.78, 5) is 0. The first kappa shape index (κ1) is 41.8. The van der Waals surface area contributed by atoms with Crippen LogP contribution in [-0.2, 0) is 5.41 Å². The molecule has 1 aliphatic carbocycles. The van der Waals surface area contributed by atoms with Gasteiger partial charge in [0.05, 0.1) is 5.41 Å². The van der Waals surface area contributed by atoms with Crippen LogP contribution in [-0.4, -0.2) is 0 Å². The lowest BCUT2D eigenvalue weighted by Gasteiger charge is -2.34. The van der Waals surface area contributed by atoms with E-state index in [1.807, 2.05) is 0 Å². The molecule has 0 heteroatoms. The van der Waals surface area contributed by atoms with Gasteiger partial charge in [-0.2, -0.15) is 0 Å². The van der Waals surface area contributed by atoms with Crippen molar-refractivity contribution in [3.8, 4) is 22.3 Å². The van der Waals surface area contributed by atoms with E-state index in [4.69, 9.17) is 0 Å². The van der Waals surface area contributed by atoms with E-state index in [1.165, 1.54) is 116 Å². The van der Waals surface area contributed by atoms with Crippen molar-refractivity contribution in [3.63, 3.8) is 0 Å². The lowest BCUT2D eigenvalue weighted by atomic mass is 9.67. The summed E-state index contributed by atoms with van der Waals surface area (Å²) in [6.07, 6.45) is 4.68. The lowest BCUT2D eigenvalue weighted by molar-refractivity contribution is 0.768. The van der Waals surface area contributed by atoms with Gasteiger partial charge in [0, 0.05) is 0 Å². The minimum absolute atomic E-state index is 0.504. The largest absolute Gasteiger partial charge is 0.0713 e. The minimum Gasteiger partial charge on any atom is -0.0619 e. The van der Waals surface area contributed by atoms with Crippen molar-refractivity contribution in [3.05, 3.63) is 322 Å². The maximum absolute atomic E-state index is 2.36. The fraction of sp³-hybridized carbons (Fsp3) is 0.0435. The predicted molar refractivity (Wildman–Crippen MR) is 293 cm³/mol. The number of aryl methyl sites for hydroxylation is 2. The zero-order valence-corrected chi connectivity index (χ0v) is 38.9. The smallest absolute Gasteiger partial charge is 0.0619 e. The summed E-state index contributed by atoms with van der Waals surface area (Å²) in [7, 11) is 0. The Labute approximate surface area is 405 Å². The van der Waals surface area contributed by atoms with Crippen LogP contribution in [0.2, 0.25) is 0 Å². The molecule has 0 N–H and O–H groups in total. The molecule has 11 aromatic carbocycles. The van der Waals surface area contributed by atoms with Gasteiger partial charge in [-0.3, -0.25) is 0 Å². The lowest BCUT2D eigenvalue weighted by Crippen LogP contribution is -2.28. The van der Waals surface area contributed by atoms with Gasteiger partial charge in [-0.15, -0.1) is 0 Å². The molecule has 11 aromatic rings. The third kappa shape index (κ3) is 7.71. The van der Waals surface area contributed by atoms with E-state index in [0.29, 0.717) is 0 Å². The van der Waals surface area contributed by atoms with Crippen LogP contribution < -0.4 is 0 Å². The zero-order valence-electron chi connectivity index (χ0n) is 38.9. The van der Waals surface area contributed by atoms with E-state index in [1.54, 1.807) is 0 Å². The molecule has 326 valence electrons. The van der Waals surface area contributed by atoms with Gasteiger partial charge in [0.2, 0.25) is 0 Å². The van der Waals surface area contributed by atoms with Crippen LogP contribution in [0, 0.1) is 13.8 Å². The Hall–Kier alpha value is -8.58. The van der Waals surface area contributed by atoms with Crippen molar-refractivity contribution in [2.75, 3.05) is 0 Å². The van der Waals surface area contributed by atoms with Crippen LogP contribution in [0.3, 0.4) is 0 Å². The zero-order chi connectivity index (χ0) is 46.3. The third-order valence-corrected chi connectivity index (χ3v) is 14.3. The van der Waals surface area contributed by atoms with Gasteiger partial charge >= 0.3 is 0 Å². The highest BCUT2D eigenvalue weighted by Gasteiger charge is 2.45. The first-order valence-corrected chi connectivity index (χ1v) is 24.0. The topological polar surface area (TPSA) is 0 Å². The molecule has 0 aromatic heterocycles. The molecule has 0 unspecified atom stereocenters. The van der Waals surface area contributed by atoms with Crippen LogP contribution in [0.1, 0.15) is 66.8 Å². The minimum atomic E-state index is -0.504. The molecule has 0 radical (unpaired) electrons. The van der Waals surface area contributed by atoms with Crippen LogP contribution in [0.4, 0.5) is 0 Å². The molecule has 0 atom stereocenters. The molecule has 0 saturated heterocycles. The number of hydrogen-bond donors (Lipinski definition) is 0. The van der Waals surface area contributed by atoms with Gasteiger partial charge in [0.15, 0.2) is 0 Å². The fourth-order valence-corrected chi connectivity index (χ4v) is 10.7. The van der Waals surface area contributed by atoms with E-state index in [0.717, 1.165) is 5.56 Å². The molecule has 0 saturated carbocycles. The highest BCUT2D eigenvalue weighted by molar-refractivity contribution is 5.97. The highest BCUT2D eigenvalue weighted by atomic mass is 14.5. The monoisotopic (exact) mass is 878 g/mol. The quantitative estimate of drug-likeness (QED) is 0.127. The van der Waals surface area contributed by atoms with Crippen molar-refractivity contribution in [2.24, 2.45) is 0 Å². The summed E-state index contributed by atoms with van der Waals surface area (Å²) in [5, 5.41) is 4.98. The Morgan fingerprint density at radius 1 is 0.304 bits per heavy atom. The van der Waals surface area contributed by atoms with Crippen LogP contribution >= 0.6 is 0 Å². The molecular weight excluding hydrogens is 829 g/mol. The van der Waals surface area contributed by atoms with E-state index < -0.39 is 5.41 Å². The van der Waals surface area contributed by atoms with Crippen LogP contribution in [0.5, 0.6) is 0 Å².